The molecule has 3 rings (SSSR count). The number of aromatic nitrogens is 1. The van der Waals surface area contributed by atoms with Gasteiger partial charge in [0.05, 0.1) is 12.6 Å². The summed E-state index contributed by atoms with van der Waals surface area (Å²) in [6, 6.07) is 4.86. The molecule has 2 amide bonds. The molecule has 0 aliphatic heterocycles. The molecule has 2 aromatic rings. The Morgan fingerprint density at radius 3 is 2.87 bits per heavy atom. The average molecular weight is 317 g/mol. The lowest BCUT2D eigenvalue weighted by Gasteiger charge is -2.18. The number of anilines is 1. The summed E-state index contributed by atoms with van der Waals surface area (Å²) in [7, 11) is 0. The highest BCUT2D eigenvalue weighted by Gasteiger charge is 2.28. The van der Waals surface area contributed by atoms with Crippen molar-refractivity contribution in [2.75, 3.05) is 11.9 Å². The van der Waals surface area contributed by atoms with Gasteiger partial charge in [0.1, 0.15) is 5.52 Å². The van der Waals surface area contributed by atoms with Gasteiger partial charge in [-0.25, -0.2) is 9.78 Å². The predicted octanol–water partition coefficient (Wildman–Crippen LogP) is 3.23. The van der Waals surface area contributed by atoms with E-state index >= 15 is 0 Å². The minimum absolute atomic E-state index is 0.0719. The Hall–Kier alpha value is -2.08. The number of oxazole rings is 1. The first-order chi connectivity index (χ1) is 11.0. The van der Waals surface area contributed by atoms with E-state index in [4.69, 9.17) is 4.42 Å². The quantitative estimate of drug-likeness (QED) is 0.763. The van der Waals surface area contributed by atoms with Crippen LogP contribution in [0.2, 0.25) is 0 Å². The molecule has 1 saturated carbocycles. The molecule has 1 atom stereocenters. The Balaban J connectivity index is 1.64. The number of aliphatic hydroxyl groups is 1. The number of amides is 2. The van der Waals surface area contributed by atoms with Crippen LogP contribution < -0.4 is 10.6 Å². The molecule has 1 heterocycles. The van der Waals surface area contributed by atoms with Crippen molar-refractivity contribution in [3.05, 3.63) is 24.1 Å². The van der Waals surface area contributed by atoms with Crippen LogP contribution in [0.1, 0.15) is 44.9 Å². The summed E-state index contributed by atoms with van der Waals surface area (Å²) in [5, 5.41) is 14.9. The third-order valence-electron chi connectivity index (χ3n) is 3.90. The van der Waals surface area contributed by atoms with Gasteiger partial charge in [-0.3, -0.25) is 0 Å². The number of hydrogen-bond acceptors (Lipinski definition) is 4. The number of urea groups is 1. The fourth-order valence-electron chi connectivity index (χ4n) is 2.63. The average Bonchev–Trinajstić information content (AvgIpc) is 3.26. The first kappa shape index (κ1) is 15.8. The molecule has 124 valence electrons. The van der Waals surface area contributed by atoms with Crippen LogP contribution in [0.5, 0.6) is 0 Å². The zero-order valence-corrected chi connectivity index (χ0v) is 13.5. The molecule has 0 spiro atoms. The first-order valence-electron chi connectivity index (χ1n) is 8.14. The van der Waals surface area contributed by atoms with E-state index < -0.39 is 0 Å². The number of aliphatic hydroxyl groups excluding tert-OH is 1. The number of benzene rings is 1. The zero-order chi connectivity index (χ0) is 16.4. The SMILES string of the molecule is CC(C)C[C@@H](CO)NC(=O)Nc1ccc2nc(C3CC3)oc2c1. The maximum Gasteiger partial charge on any atom is 0.319 e. The van der Waals surface area contributed by atoms with Crippen LogP contribution in [0.3, 0.4) is 0 Å². The minimum atomic E-state index is -0.328. The second-order valence-corrected chi connectivity index (χ2v) is 6.62. The van der Waals surface area contributed by atoms with Crippen molar-refractivity contribution in [2.45, 2.75) is 45.1 Å². The number of fused-ring (bicyclic) bond motifs is 1. The standard InChI is InChI=1S/C17H23N3O3/c1-10(2)7-13(9-21)19-17(22)18-12-5-6-14-15(8-12)23-16(20-14)11-3-4-11/h5-6,8,10-11,13,21H,3-4,7,9H2,1-2H3,(H2,18,19,22)/t13-/m0/s1. The largest absolute Gasteiger partial charge is 0.440 e. The van der Waals surface area contributed by atoms with Crippen molar-refractivity contribution >= 4 is 22.8 Å². The summed E-state index contributed by atoms with van der Waals surface area (Å²) in [4.78, 5) is 16.5. The summed E-state index contributed by atoms with van der Waals surface area (Å²) in [5.41, 5.74) is 2.14. The highest BCUT2D eigenvalue weighted by atomic mass is 16.3. The molecule has 0 saturated heterocycles. The smallest absolute Gasteiger partial charge is 0.319 e. The van der Waals surface area contributed by atoms with E-state index in [1.165, 1.54) is 0 Å². The van der Waals surface area contributed by atoms with Gasteiger partial charge in [0.15, 0.2) is 11.5 Å². The van der Waals surface area contributed by atoms with Crippen molar-refractivity contribution in [2.24, 2.45) is 5.92 Å². The number of rotatable bonds is 6. The number of carbonyl (C=O) groups is 1. The van der Waals surface area contributed by atoms with E-state index in [9.17, 15) is 9.90 Å². The van der Waals surface area contributed by atoms with Gasteiger partial charge in [-0.05, 0) is 37.3 Å². The summed E-state index contributed by atoms with van der Waals surface area (Å²) in [5.74, 6) is 1.65. The lowest BCUT2D eigenvalue weighted by atomic mass is 10.0. The van der Waals surface area contributed by atoms with E-state index in [1.807, 2.05) is 6.07 Å². The van der Waals surface area contributed by atoms with E-state index in [-0.39, 0.29) is 18.7 Å². The molecule has 6 nitrogen and oxygen atoms in total. The summed E-state index contributed by atoms with van der Waals surface area (Å²) >= 11 is 0. The molecule has 0 bridgehead atoms. The van der Waals surface area contributed by atoms with E-state index in [0.717, 1.165) is 30.7 Å². The number of hydrogen-bond donors (Lipinski definition) is 3. The highest BCUT2D eigenvalue weighted by Crippen LogP contribution is 2.40. The Bertz CT molecular complexity index is 691. The lowest BCUT2D eigenvalue weighted by Crippen LogP contribution is -2.40. The minimum Gasteiger partial charge on any atom is -0.440 e. The van der Waals surface area contributed by atoms with Gasteiger partial charge in [0.25, 0.3) is 0 Å². The fourth-order valence-corrected chi connectivity index (χ4v) is 2.63. The monoisotopic (exact) mass is 317 g/mol. The van der Waals surface area contributed by atoms with E-state index in [1.54, 1.807) is 12.1 Å². The Morgan fingerprint density at radius 2 is 2.22 bits per heavy atom. The number of nitrogens with zero attached hydrogens (tertiary/aromatic N) is 1. The molecular weight excluding hydrogens is 294 g/mol. The van der Waals surface area contributed by atoms with E-state index in [0.29, 0.717) is 23.1 Å². The maximum atomic E-state index is 12.0. The fraction of sp³-hybridized carbons (Fsp3) is 0.529. The van der Waals surface area contributed by atoms with Gasteiger partial charge in [-0.15, -0.1) is 0 Å². The van der Waals surface area contributed by atoms with Crippen LogP contribution >= 0.6 is 0 Å². The van der Waals surface area contributed by atoms with Crippen LogP contribution in [0.4, 0.5) is 10.5 Å². The maximum absolute atomic E-state index is 12.0. The molecule has 1 aromatic carbocycles. The van der Waals surface area contributed by atoms with Gasteiger partial charge in [-0.2, -0.15) is 0 Å². The first-order valence-corrected chi connectivity index (χ1v) is 8.14. The molecular formula is C17H23N3O3. The highest BCUT2D eigenvalue weighted by molar-refractivity contribution is 5.91. The third kappa shape index (κ3) is 4.01. The molecule has 3 N–H and O–H groups in total. The van der Waals surface area contributed by atoms with Gasteiger partial charge in [-0.1, -0.05) is 13.8 Å². The molecule has 1 aromatic heterocycles. The lowest BCUT2D eigenvalue weighted by molar-refractivity contribution is 0.214. The molecule has 0 radical (unpaired) electrons. The Morgan fingerprint density at radius 1 is 1.43 bits per heavy atom. The molecule has 23 heavy (non-hydrogen) atoms. The number of nitrogens with one attached hydrogen (secondary N) is 2. The van der Waals surface area contributed by atoms with Crippen molar-refractivity contribution in [3.8, 4) is 0 Å². The van der Waals surface area contributed by atoms with Crippen LogP contribution in [-0.4, -0.2) is 28.8 Å². The van der Waals surface area contributed by atoms with Crippen LogP contribution in [-0.2, 0) is 0 Å². The topological polar surface area (TPSA) is 87.4 Å². The molecule has 1 fully saturated rings. The predicted molar refractivity (Wildman–Crippen MR) is 88.5 cm³/mol. The molecule has 1 aliphatic carbocycles. The summed E-state index contributed by atoms with van der Waals surface area (Å²) in [6.45, 7) is 4.03. The molecule has 0 unspecified atom stereocenters. The van der Waals surface area contributed by atoms with Crippen molar-refractivity contribution in [1.82, 2.24) is 10.3 Å². The summed E-state index contributed by atoms with van der Waals surface area (Å²) < 4.78 is 5.75. The normalized spacial score (nSPS) is 15.8. The number of carbonyl (C=O) groups excluding carboxylic acids is 1. The second kappa shape index (κ2) is 6.58. The van der Waals surface area contributed by atoms with Crippen molar-refractivity contribution < 1.29 is 14.3 Å². The van der Waals surface area contributed by atoms with Gasteiger partial charge >= 0.3 is 6.03 Å². The van der Waals surface area contributed by atoms with Crippen molar-refractivity contribution in [3.63, 3.8) is 0 Å². The third-order valence-corrected chi connectivity index (χ3v) is 3.90. The van der Waals surface area contributed by atoms with Crippen LogP contribution in [0, 0.1) is 5.92 Å². The summed E-state index contributed by atoms with van der Waals surface area (Å²) in [6.07, 6.45) is 3.01. The van der Waals surface area contributed by atoms with Gasteiger partial charge in [0.2, 0.25) is 0 Å². The van der Waals surface area contributed by atoms with Gasteiger partial charge < -0.3 is 20.2 Å². The molecule has 1 aliphatic rings. The van der Waals surface area contributed by atoms with E-state index in [2.05, 4.69) is 29.5 Å². The van der Waals surface area contributed by atoms with Gasteiger partial charge in [0, 0.05) is 17.7 Å². The zero-order valence-electron chi connectivity index (χ0n) is 13.5. The Kier molecular flexibility index (Phi) is 4.52. The van der Waals surface area contributed by atoms with Crippen molar-refractivity contribution in [1.29, 1.82) is 0 Å². The molecule has 6 heteroatoms. The van der Waals surface area contributed by atoms with Crippen LogP contribution in [0.15, 0.2) is 22.6 Å². The Labute approximate surface area is 135 Å². The second-order valence-electron chi connectivity index (χ2n) is 6.62. The van der Waals surface area contributed by atoms with Crippen LogP contribution in [0.25, 0.3) is 11.1 Å².